The van der Waals surface area contributed by atoms with Crippen molar-refractivity contribution in [1.29, 1.82) is 0 Å². The predicted molar refractivity (Wildman–Crippen MR) is 82.7 cm³/mol. The van der Waals surface area contributed by atoms with Crippen LogP contribution in [0.5, 0.6) is 0 Å². The number of rotatable bonds is 5. The largest absolute Gasteiger partial charge is 0.398 e. The van der Waals surface area contributed by atoms with Gasteiger partial charge in [-0.1, -0.05) is 0 Å². The molecule has 0 aliphatic carbocycles. The normalized spacial score (nSPS) is 13.4. The van der Waals surface area contributed by atoms with Gasteiger partial charge in [0.15, 0.2) is 9.84 Å². The number of benzene rings is 1. The molecule has 0 spiro atoms. The third kappa shape index (κ3) is 3.94. The molecule has 3 N–H and O–H groups in total. The Hall–Kier alpha value is -0.640. The lowest BCUT2D eigenvalue weighted by molar-refractivity contribution is 0.537. The van der Waals surface area contributed by atoms with Crippen LogP contribution in [0.3, 0.4) is 0 Å². The van der Waals surface area contributed by atoms with Gasteiger partial charge in [-0.2, -0.15) is 0 Å². The van der Waals surface area contributed by atoms with Crippen molar-refractivity contribution in [1.82, 2.24) is 4.72 Å². The Kier molecular flexibility index (Phi) is 4.90. The third-order valence-corrected chi connectivity index (χ3v) is 7.24. The molecule has 1 aromatic rings. The van der Waals surface area contributed by atoms with E-state index in [1.165, 1.54) is 32.0 Å². The Morgan fingerprint density at radius 2 is 1.80 bits per heavy atom. The molecule has 20 heavy (non-hydrogen) atoms. The topological polar surface area (TPSA) is 106 Å². The number of nitrogen functional groups attached to an aromatic ring is 1. The van der Waals surface area contributed by atoms with E-state index in [1.54, 1.807) is 0 Å². The number of halogens is 1. The Balaban J connectivity index is 3.00. The van der Waals surface area contributed by atoms with E-state index in [1.807, 2.05) is 0 Å². The third-order valence-electron chi connectivity index (χ3n) is 2.97. The van der Waals surface area contributed by atoms with E-state index < -0.39 is 24.6 Å². The van der Waals surface area contributed by atoms with Crippen LogP contribution in [0.15, 0.2) is 27.6 Å². The van der Waals surface area contributed by atoms with Gasteiger partial charge in [0.1, 0.15) is 0 Å². The van der Waals surface area contributed by atoms with Crippen LogP contribution in [0.2, 0.25) is 0 Å². The van der Waals surface area contributed by atoms with Gasteiger partial charge in [-0.05, 0) is 48.0 Å². The quantitative estimate of drug-likeness (QED) is 0.740. The molecule has 0 amide bonds. The average Bonchev–Trinajstić information content (AvgIpc) is 2.29. The van der Waals surface area contributed by atoms with Gasteiger partial charge in [-0.15, -0.1) is 0 Å². The highest BCUT2D eigenvalue weighted by molar-refractivity contribution is 9.10. The molecule has 0 bridgehead atoms. The summed E-state index contributed by atoms with van der Waals surface area (Å²) in [5, 5.41) is 0. The van der Waals surface area contributed by atoms with E-state index in [0.29, 0.717) is 4.47 Å². The highest BCUT2D eigenvalue weighted by Crippen LogP contribution is 2.23. The van der Waals surface area contributed by atoms with Crippen LogP contribution in [-0.2, 0) is 19.9 Å². The molecule has 0 saturated carbocycles. The first kappa shape index (κ1) is 17.4. The van der Waals surface area contributed by atoms with Crippen molar-refractivity contribution < 1.29 is 16.8 Å². The van der Waals surface area contributed by atoms with Crippen LogP contribution < -0.4 is 10.5 Å². The van der Waals surface area contributed by atoms with Crippen LogP contribution in [0.4, 0.5) is 5.69 Å². The van der Waals surface area contributed by atoms with Gasteiger partial charge in [-0.25, -0.2) is 21.6 Å². The second-order valence-corrected chi connectivity index (χ2v) is 10.3. The summed E-state index contributed by atoms with van der Waals surface area (Å²) in [7, 11) is -7.19. The zero-order chi connectivity index (χ0) is 15.8. The van der Waals surface area contributed by atoms with Crippen molar-refractivity contribution >= 4 is 41.5 Å². The lowest BCUT2D eigenvalue weighted by atomic mass is 10.2. The molecule has 1 rings (SSSR count). The molecule has 6 nitrogen and oxygen atoms in total. The summed E-state index contributed by atoms with van der Waals surface area (Å²) >= 11 is 3.17. The summed E-state index contributed by atoms with van der Waals surface area (Å²) < 4.78 is 49.0. The number of nitrogens with two attached hydrogens (primary N) is 1. The summed E-state index contributed by atoms with van der Waals surface area (Å²) in [5.74, 6) is 0. The van der Waals surface area contributed by atoms with Gasteiger partial charge < -0.3 is 5.73 Å². The van der Waals surface area contributed by atoms with Crippen LogP contribution in [0, 0.1) is 0 Å². The second-order valence-electron chi connectivity index (χ2n) is 5.04. The average molecular weight is 385 g/mol. The van der Waals surface area contributed by atoms with E-state index in [9.17, 15) is 16.8 Å². The van der Waals surface area contributed by atoms with E-state index in [4.69, 9.17) is 5.73 Å². The van der Waals surface area contributed by atoms with Crippen molar-refractivity contribution in [2.75, 3.05) is 18.5 Å². The summed E-state index contributed by atoms with van der Waals surface area (Å²) in [6.07, 6.45) is 1.07. The molecule has 0 heterocycles. The lowest BCUT2D eigenvalue weighted by Gasteiger charge is -2.22. The van der Waals surface area contributed by atoms with Gasteiger partial charge >= 0.3 is 0 Å². The van der Waals surface area contributed by atoms with Crippen molar-refractivity contribution in [3.63, 3.8) is 0 Å². The number of anilines is 1. The van der Waals surface area contributed by atoms with Gasteiger partial charge in [0.05, 0.1) is 9.64 Å². The Morgan fingerprint density at radius 1 is 1.25 bits per heavy atom. The molecule has 0 fully saturated rings. The van der Waals surface area contributed by atoms with Gasteiger partial charge in [0.2, 0.25) is 10.0 Å². The molecule has 0 aromatic heterocycles. The number of nitrogens with one attached hydrogen (secondary N) is 1. The minimum absolute atomic E-state index is 0.0116. The van der Waals surface area contributed by atoms with Crippen molar-refractivity contribution in [3.05, 3.63) is 22.7 Å². The van der Waals surface area contributed by atoms with Crippen LogP contribution in [0.25, 0.3) is 0 Å². The first-order valence-electron chi connectivity index (χ1n) is 5.61. The highest BCUT2D eigenvalue weighted by atomic mass is 79.9. The van der Waals surface area contributed by atoms with E-state index in [2.05, 4.69) is 20.7 Å². The number of hydrogen-bond acceptors (Lipinski definition) is 5. The molecule has 114 valence electrons. The molecule has 0 atom stereocenters. The predicted octanol–water partition coefficient (Wildman–Crippen LogP) is 1.13. The number of sulfone groups is 1. The minimum Gasteiger partial charge on any atom is -0.398 e. The molecule has 1 aromatic carbocycles. The maximum atomic E-state index is 12.1. The summed E-state index contributed by atoms with van der Waals surface area (Å²) in [4.78, 5) is -0.0116. The standard InChI is InChI=1S/C11H17BrN2O4S2/c1-11(2,19(3,15)16)7-14-20(17,18)8-4-5-9(12)10(13)6-8/h4-6,14H,7,13H2,1-3H3. The zero-order valence-electron chi connectivity index (χ0n) is 11.3. The van der Waals surface area contributed by atoms with E-state index in [0.717, 1.165) is 6.26 Å². The smallest absolute Gasteiger partial charge is 0.240 e. The first-order valence-corrected chi connectivity index (χ1v) is 9.78. The van der Waals surface area contributed by atoms with E-state index >= 15 is 0 Å². The number of sulfonamides is 1. The molecule has 0 radical (unpaired) electrons. The molecule has 0 aliphatic heterocycles. The molecule has 0 saturated heterocycles. The zero-order valence-corrected chi connectivity index (χ0v) is 14.6. The summed E-state index contributed by atoms with van der Waals surface area (Å²) in [6.45, 7) is 2.70. The van der Waals surface area contributed by atoms with Crippen molar-refractivity contribution in [3.8, 4) is 0 Å². The SMILES string of the molecule is CC(C)(CNS(=O)(=O)c1ccc(Br)c(N)c1)S(C)(=O)=O. The lowest BCUT2D eigenvalue weighted by Crippen LogP contribution is -2.43. The van der Waals surface area contributed by atoms with E-state index in [-0.39, 0.29) is 17.1 Å². The maximum absolute atomic E-state index is 12.1. The monoisotopic (exact) mass is 384 g/mol. The Bertz CT molecular complexity index is 712. The molecule has 0 aliphatic rings. The fraction of sp³-hybridized carbons (Fsp3) is 0.455. The molecular weight excluding hydrogens is 368 g/mol. The van der Waals surface area contributed by atoms with Crippen LogP contribution >= 0.6 is 15.9 Å². The van der Waals surface area contributed by atoms with Gasteiger partial charge in [-0.3, -0.25) is 0 Å². The Morgan fingerprint density at radius 3 is 2.25 bits per heavy atom. The molecule has 0 unspecified atom stereocenters. The molecular formula is C11H17BrN2O4S2. The summed E-state index contributed by atoms with van der Waals surface area (Å²) in [5.41, 5.74) is 5.92. The molecule has 9 heteroatoms. The van der Waals surface area contributed by atoms with Crippen molar-refractivity contribution in [2.45, 2.75) is 23.5 Å². The second kappa shape index (κ2) is 5.63. The Labute approximate surface area is 127 Å². The van der Waals surface area contributed by atoms with Gasteiger partial charge in [0.25, 0.3) is 0 Å². The fourth-order valence-corrected chi connectivity index (χ4v) is 3.09. The fourth-order valence-electron chi connectivity index (χ4n) is 1.17. The van der Waals surface area contributed by atoms with Crippen LogP contribution in [-0.4, -0.2) is 34.4 Å². The minimum atomic E-state index is -3.81. The number of hydrogen-bond donors (Lipinski definition) is 2. The summed E-state index contributed by atoms with van der Waals surface area (Å²) in [6, 6.07) is 4.21. The highest BCUT2D eigenvalue weighted by Gasteiger charge is 2.31. The van der Waals surface area contributed by atoms with Gasteiger partial charge in [0, 0.05) is 23.0 Å². The maximum Gasteiger partial charge on any atom is 0.240 e. The van der Waals surface area contributed by atoms with Crippen molar-refractivity contribution in [2.24, 2.45) is 0 Å². The van der Waals surface area contributed by atoms with Crippen LogP contribution in [0.1, 0.15) is 13.8 Å². The first-order chi connectivity index (χ1) is 8.87.